The second-order valence-corrected chi connectivity index (χ2v) is 6.62. The molecule has 0 saturated heterocycles. The molecule has 0 saturated carbocycles. The van der Waals surface area contributed by atoms with Gasteiger partial charge in [-0.25, -0.2) is 8.42 Å². The van der Waals surface area contributed by atoms with E-state index in [-0.39, 0.29) is 22.2 Å². The van der Waals surface area contributed by atoms with Gasteiger partial charge in [-0.05, 0) is 37.3 Å². The van der Waals surface area contributed by atoms with Gasteiger partial charge in [-0.3, -0.25) is 4.31 Å². The highest BCUT2D eigenvalue weighted by Gasteiger charge is 2.26. The van der Waals surface area contributed by atoms with E-state index in [2.05, 4.69) is 0 Å². The molecular weight excluding hydrogens is 312 g/mol. The van der Waals surface area contributed by atoms with Gasteiger partial charge in [-0.15, -0.1) is 0 Å². The third kappa shape index (κ3) is 3.06. The van der Waals surface area contributed by atoms with Crippen molar-refractivity contribution in [1.82, 2.24) is 0 Å². The van der Waals surface area contributed by atoms with E-state index >= 15 is 0 Å². The Hall–Kier alpha value is -1.92. The van der Waals surface area contributed by atoms with Crippen LogP contribution in [0.3, 0.4) is 0 Å². The van der Waals surface area contributed by atoms with Crippen LogP contribution in [0, 0.1) is 0 Å². The fraction of sp³-hybridized carbons (Fsp3) is 0.143. The number of nitrogens with zero attached hydrogens (tertiary/aromatic N) is 1. The van der Waals surface area contributed by atoms with Crippen molar-refractivity contribution in [3.8, 4) is 5.75 Å². The smallest absolute Gasteiger partial charge is 0.265 e. The molecule has 2 aromatic carbocycles. The summed E-state index contributed by atoms with van der Waals surface area (Å²) in [5, 5.41) is 9.62. The summed E-state index contributed by atoms with van der Waals surface area (Å²) in [6, 6.07) is 10.3. The SMILES string of the molecule is CCN(c1cccc(O)c1)S(=O)(=O)c1cc(N)ccc1Cl. The Morgan fingerprint density at radius 1 is 1.24 bits per heavy atom. The summed E-state index contributed by atoms with van der Waals surface area (Å²) in [5.74, 6) is -0.0141. The number of aromatic hydroxyl groups is 1. The summed E-state index contributed by atoms with van der Waals surface area (Å²) in [7, 11) is -3.86. The van der Waals surface area contributed by atoms with Gasteiger partial charge in [0.1, 0.15) is 10.6 Å². The summed E-state index contributed by atoms with van der Waals surface area (Å²) in [6.07, 6.45) is 0. The lowest BCUT2D eigenvalue weighted by Crippen LogP contribution is -2.31. The van der Waals surface area contributed by atoms with Crippen LogP contribution >= 0.6 is 11.6 Å². The number of nitrogen functional groups attached to an aromatic ring is 1. The Kier molecular flexibility index (Phi) is 4.29. The number of nitrogens with two attached hydrogens (primary N) is 1. The number of halogens is 1. The second-order valence-electron chi connectivity index (χ2n) is 4.38. The number of benzene rings is 2. The number of phenolic OH excluding ortho intramolecular Hbond substituents is 1. The molecule has 0 unspecified atom stereocenters. The zero-order chi connectivity index (χ0) is 15.6. The highest BCUT2D eigenvalue weighted by molar-refractivity contribution is 7.93. The van der Waals surface area contributed by atoms with E-state index < -0.39 is 10.0 Å². The number of hydrogen-bond acceptors (Lipinski definition) is 4. The minimum atomic E-state index is -3.86. The maximum absolute atomic E-state index is 12.8. The van der Waals surface area contributed by atoms with Crippen molar-refractivity contribution in [2.75, 3.05) is 16.6 Å². The van der Waals surface area contributed by atoms with Crippen LogP contribution in [0.2, 0.25) is 5.02 Å². The first kappa shape index (κ1) is 15.5. The molecule has 0 aliphatic heterocycles. The Balaban J connectivity index is 2.57. The predicted molar refractivity (Wildman–Crippen MR) is 84.2 cm³/mol. The summed E-state index contributed by atoms with van der Waals surface area (Å²) >= 11 is 5.99. The van der Waals surface area contributed by atoms with E-state index in [1.807, 2.05) is 0 Å². The van der Waals surface area contributed by atoms with Gasteiger partial charge in [-0.2, -0.15) is 0 Å². The van der Waals surface area contributed by atoms with Gasteiger partial charge in [0, 0.05) is 18.3 Å². The van der Waals surface area contributed by atoms with E-state index in [0.29, 0.717) is 11.4 Å². The van der Waals surface area contributed by atoms with Crippen molar-refractivity contribution in [1.29, 1.82) is 0 Å². The van der Waals surface area contributed by atoms with E-state index in [1.54, 1.807) is 19.1 Å². The lowest BCUT2D eigenvalue weighted by Gasteiger charge is -2.23. The number of hydrogen-bond donors (Lipinski definition) is 2. The van der Waals surface area contributed by atoms with E-state index in [1.165, 1.54) is 30.3 Å². The van der Waals surface area contributed by atoms with Crippen LogP contribution in [0.1, 0.15) is 6.92 Å². The van der Waals surface area contributed by atoms with Crippen molar-refractivity contribution < 1.29 is 13.5 Å². The maximum Gasteiger partial charge on any atom is 0.265 e. The molecule has 0 aliphatic rings. The largest absolute Gasteiger partial charge is 0.508 e. The van der Waals surface area contributed by atoms with E-state index in [0.717, 1.165) is 4.31 Å². The molecule has 21 heavy (non-hydrogen) atoms. The number of rotatable bonds is 4. The highest BCUT2D eigenvalue weighted by atomic mass is 35.5. The Morgan fingerprint density at radius 2 is 1.95 bits per heavy atom. The molecule has 5 nitrogen and oxygen atoms in total. The summed E-state index contributed by atoms with van der Waals surface area (Å²) in [4.78, 5) is -0.0608. The van der Waals surface area contributed by atoms with Gasteiger partial charge in [0.2, 0.25) is 0 Å². The Labute approximate surface area is 128 Å². The first-order valence-corrected chi connectivity index (χ1v) is 8.05. The standard InChI is InChI=1S/C14H15ClN2O3S/c1-2-17(11-4-3-5-12(18)9-11)21(19,20)14-8-10(16)6-7-13(14)15/h3-9,18H,2,16H2,1H3. The number of anilines is 2. The van der Waals surface area contributed by atoms with Crippen molar-refractivity contribution in [2.24, 2.45) is 0 Å². The average molecular weight is 327 g/mol. The minimum Gasteiger partial charge on any atom is -0.508 e. The van der Waals surface area contributed by atoms with Crippen LogP contribution in [-0.4, -0.2) is 20.1 Å². The topological polar surface area (TPSA) is 83.6 Å². The number of sulfonamides is 1. The molecule has 0 amide bonds. The molecule has 0 spiro atoms. The van der Waals surface area contributed by atoms with Gasteiger partial charge < -0.3 is 10.8 Å². The molecule has 0 heterocycles. The summed E-state index contributed by atoms with van der Waals surface area (Å²) in [6.45, 7) is 1.89. The minimum absolute atomic E-state index is 0.0141. The third-order valence-electron chi connectivity index (χ3n) is 2.93. The molecule has 0 bridgehead atoms. The normalized spacial score (nSPS) is 11.3. The van der Waals surface area contributed by atoms with Crippen LogP contribution in [-0.2, 0) is 10.0 Å². The lowest BCUT2D eigenvalue weighted by atomic mass is 10.3. The van der Waals surface area contributed by atoms with Crippen LogP contribution in [0.25, 0.3) is 0 Å². The van der Waals surface area contributed by atoms with Crippen LogP contribution in [0.5, 0.6) is 5.75 Å². The second kappa shape index (κ2) is 5.83. The van der Waals surface area contributed by atoms with Crippen molar-refractivity contribution in [3.05, 3.63) is 47.5 Å². The van der Waals surface area contributed by atoms with Crippen LogP contribution < -0.4 is 10.0 Å². The average Bonchev–Trinajstić information content (AvgIpc) is 2.42. The molecule has 0 aliphatic carbocycles. The maximum atomic E-state index is 12.8. The third-order valence-corrected chi connectivity index (χ3v) is 5.31. The fourth-order valence-electron chi connectivity index (χ4n) is 1.98. The Morgan fingerprint density at radius 3 is 2.57 bits per heavy atom. The highest BCUT2D eigenvalue weighted by Crippen LogP contribution is 2.31. The first-order valence-electron chi connectivity index (χ1n) is 6.23. The molecule has 2 aromatic rings. The molecule has 3 N–H and O–H groups in total. The molecule has 7 heteroatoms. The predicted octanol–water partition coefficient (Wildman–Crippen LogP) is 2.84. The summed E-state index contributed by atoms with van der Waals surface area (Å²) < 4.78 is 26.7. The van der Waals surface area contributed by atoms with Gasteiger partial charge >= 0.3 is 0 Å². The zero-order valence-corrected chi connectivity index (χ0v) is 12.9. The molecule has 112 valence electrons. The van der Waals surface area contributed by atoms with Crippen molar-refractivity contribution in [2.45, 2.75) is 11.8 Å². The molecule has 2 rings (SSSR count). The van der Waals surface area contributed by atoms with Gasteiger partial charge in [0.05, 0.1) is 10.7 Å². The summed E-state index contributed by atoms with van der Waals surface area (Å²) in [5.41, 5.74) is 6.31. The zero-order valence-electron chi connectivity index (χ0n) is 11.3. The van der Waals surface area contributed by atoms with E-state index in [4.69, 9.17) is 17.3 Å². The fourth-order valence-corrected chi connectivity index (χ4v) is 3.95. The van der Waals surface area contributed by atoms with Gasteiger partial charge in [0.25, 0.3) is 10.0 Å². The molecule has 0 atom stereocenters. The van der Waals surface area contributed by atoms with Gasteiger partial charge in [0.15, 0.2) is 0 Å². The molecular formula is C14H15ClN2O3S. The monoisotopic (exact) mass is 326 g/mol. The Bertz CT molecular complexity index is 763. The van der Waals surface area contributed by atoms with E-state index in [9.17, 15) is 13.5 Å². The van der Waals surface area contributed by atoms with Crippen molar-refractivity contribution >= 4 is 33.0 Å². The molecule has 0 radical (unpaired) electrons. The van der Waals surface area contributed by atoms with Crippen molar-refractivity contribution in [3.63, 3.8) is 0 Å². The quantitative estimate of drug-likeness (QED) is 0.846. The first-order chi connectivity index (χ1) is 9.86. The lowest BCUT2D eigenvalue weighted by molar-refractivity contribution is 0.475. The number of phenols is 1. The molecule has 0 fully saturated rings. The van der Waals surface area contributed by atoms with Crippen LogP contribution in [0.4, 0.5) is 11.4 Å². The molecule has 0 aromatic heterocycles. The van der Waals surface area contributed by atoms with Crippen LogP contribution in [0.15, 0.2) is 47.4 Å². The van der Waals surface area contributed by atoms with Gasteiger partial charge in [-0.1, -0.05) is 17.7 Å².